The third-order valence-electron chi connectivity index (χ3n) is 4.24. The predicted octanol–water partition coefficient (Wildman–Crippen LogP) is 3.06. The molecule has 132 valence electrons. The molecule has 8 heteroatoms. The summed E-state index contributed by atoms with van der Waals surface area (Å²) in [6.07, 6.45) is 0.650. The van der Waals surface area contributed by atoms with Gasteiger partial charge in [-0.05, 0) is 36.2 Å². The number of nitrogens with zero attached hydrogens (tertiary/aromatic N) is 2. The summed E-state index contributed by atoms with van der Waals surface area (Å²) in [5, 5.41) is 23.5. The smallest absolute Gasteiger partial charge is 0.292 e. The van der Waals surface area contributed by atoms with Gasteiger partial charge in [-0.1, -0.05) is 0 Å². The SMILES string of the molecule is O=[N+]([O-])c1ccc(CO)cc1NC1CCN(c2ccc(F)cc2F)C1. The first kappa shape index (κ1) is 17.1. The minimum absolute atomic E-state index is 0.0800. The number of aliphatic hydroxyl groups is 1. The van der Waals surface area contributed by atoms with Crippen molar-refractivity contribution in [3.8, 4) is 0 Å². The van der Waals surface area contributed by atoms with Crippen LogP contribution in [0.1, 0.15) is 12.0 Å². The van der Waals surface area contributed by atoms with Crippen molar-refractivity contribution in [2.75, 3.05) is 23.3 Å². The molecule has 1 saturated heterocycles. The fourth-order valence-corrected chi connectivity index (χ4v) is 3.01. The zero-order valence-electron chi connectivity index (χ0n) is 13.3. The third kappa shape index (κ3) is 3.69. The van der Waals surface area contributed by atoms with Crippen LogP contribution in [-0.2, 0) is 6.61 Å². The number of hydrogen-bond donors (Lipinski definition) is 2. The topological polar surface area (TPSA) is 78.6 Å². The molecule has 6 nitrogen and oxygen atoms in total. The summed E-state index contributed by atoms with van der Waals surface area (Å²) in [5.74, 6) is -1.26. The second kappa shape index (κ2) is 7.02. The molecular weight excluding hydrogens is 332 g/mol. The van der Waals surface area contributed by atoms with E-state index in [4.69, 9.17) is 0 Å². The molecule has 0 radical (unpaired) electrons. The molecule has 0 aliphatic carbocycles. The number of hydrogen-bond acceptors (Lipinski definition) is 5. The van der Waals surface area contributed by atoms with Crippen LogP contribution in [0.25, 0.3) is 0 Å². The van der Waals surface area contributed by atoms with Crippen LogP contribution in [-0.4, -0.2) is 29.2 Å². The Balaban J connectivity index is 1.76. The molecule has 0 aromatic heterocycles. The number of nitro groups is 1. The quantitative estimate of drug-likeness (QED) is 0.641. The summed E-state index contributed by atoms with van der Waals surface area (Å²) in [7, 11) is 0. The maximum absolute atomic E-state index is 13.9. The van der Waals surface area contributed by atoms with Gasteiger partial charge in [0, 0.05) is 31.3 Å². The van der Waals surface area contributed by atoms with E-state index in [1.165, 1.54) is 24.3 Å². The first-order chi connectivity index (χ1) is 12.0. The molecule has 2 aromatic rings. The number of halogens is 2. The molecule has 2 N–H and O–H groups in total. The Hall–Kier alpha value is -2.74. The first-order valence-corrected chi connectivity index (χ1v) is 7.82. The maximum atomic E-state index is 13.9. The molecule has 1 fully saturated rings. The highest BCUT2D eigenvalue weighted by Crippen LogP contribution is 2.30. The lowest BCUT2D eigenvalue weighted by Crippen LogP contribution is -2.27. The molecule has 1 aliphatic heterocycles. The lowest BCUT2D eigenvalue weighted by atomic mass is 10.1. The fourth-order valence-electron chi connectivity index (χ4n) is 3.01. The average molecular weight is 349 g/mol. The van der Waals surface area contributed by atoms with Crippen LogP contribution in [0.3, 0.4) is 0 Å². The number of rotatable bonds is 5. The van der Waals surface area contributed by atoms with E-state index >= 15 is 0 Å². The van der Waals surface area contributed by atoms with Crippen molar-refractivity contribution in [1.29, 1.82) is 0 Å². The molecular formula is C17H17F2N3O3. The van der Waals surface area contributed by atoms with Gasteiger partial charge in [-0.3, -0.25) is 10.1 Å². The van der Waals surface area contributed by atoms with Crippen LogP contribution in [0.15, 0.2) is 36.4 Å². The maximum Gasteiger partial charge on any atom is 0.292 e. The first-order valence-electron chi connectivity index (χ1n) is 7.82. The number of nitrogens with one attached hydrogen (secondary N) is 1. The molecule has 0 bridgehead atoms. The molecule has 0 saturated carbocycles. The summed E-state index contributed by atoms with van der Waals surface area (Å²) < 4.78 is 26.9. The van der Waals surface area contributed by atoms with Gasteiger partial charge in [-0.25, -0.2) is 8.78 Å². The predicted molar refractivity (Wildman–Crippen MR) is 89.6 cm³/mol. The van der Waals surface area contributed by atoms with Gasteiger partial charge in [-0.2, -0.15) is 0 Å². The Labute approximate surface area is 142 Å². The van der Waals surface area contributed by atoms with E-state index in [1.54, 1.807) is 11.0 Å². The van der Waals surface area contributed by atoms with Crippen molar-refractivity contribution in [2.24, 2.45) is 0 Å². The molecule has 1 atom stereocenters. The van der Waals surface area contributed by atoms with Gasteiger partial charge in [-0.15, -0.1) is 0 Å². The molecule has 0 spiro atoms. The minimum Gasteiger partial charge on any atom is -0.392 e. The zero-order valence-corrected chi connectivity index (χ0v) is 13.3. The molecule has 1 unspecified atom stereocenters. The molecule has 25 heavy (non-hydrogen) atoms. The van der Waals surface area contributed by atoms with Crippen molar-refractivity contribution in [1.82, 2.24) is 0 Å². The van der Waals surface area contributed by atoms with Gasteiger partial charge in [0.2, 0.25) is 0 Å². The van der Waals surface area contributed by atoms with Crippen molar-refractivity contribution in [3.05, 3.63) is 63.7 Å². The largest absolute Gasteiger partial charge is 0.392 e. The molecule has 0 amide bonds. The van der Waals surface area contributed by atoms with Gasteiger partial charge in [0.1, 0.15) is 17.3 Å². The standard InChI is InChI=1S/C17H17F2N3O3/c18-12-2-4-16(14(19)8-12)21-6-5-13(9-21)20-15-7-11(10-23)1-3-17(15)22(24)25/h1-4,7-8,13,20,23H,5-6,9-10H2. The van der Waals surface area contributed by atoms with Gasteiger partial charge in [0.15, 0.2) is 0 Å². The fraction of sp³-hybridized carbons (Fsp3) is 0.294. The second-order valence-corrected chi connectivity index (χ2v) is 5.94. The van der Waals surface area contributed by atoms with Gasteiger partial charge < -0.3 is 15.3 Å². The van der Waals surface area contributed by atoms with Crippen LogP contribution in [0.5, 0.6) is 0 Å². The summed E-state index contributed by atoms with van der Waals surface area (Å²) in [5.41, 5.74) is 1.11. The summed E-state index contributed by atoms with van der Waals surface area (Å²) in [4.78, 5) is 12.4. The van der Waals surface area contributed by atoms with E-state index in [2.05, 4.69) is 5.32 Å². The molecule has 3 rings (SSSR count). The average Bonchev–Trinajstić information content (AvgIpc) is 3.02. The van der Waals surface area contributed by atoms with Crippen LogP contribution < -0.4 is 10.2 Å². The van der Waals surface area contributed by atoms with Gasteiger partial charge >= 0.3 is 0 Å². The number of anilines is 2. The van der Waals surface area contributed by atoms with Crippen molar-refractivity contribution in [2.45, 2.75) is 19.1 Å². The monoisotopic (exact) mass is 349 g/mol. The lowest BCUT2D eigenvalue weighted by Gasteiger charge is -2.20. The van der Waals surface area contributed by atoms with Gasteiger partial charge in [0.05, 0.1) is 17.2 Å². The highest BCUT2D eigenvalue weighted by atomic mass is 19.1. The van der Waals surface area contributed by atoms with E-state index < -0.39 is 16.6 Å². The normalized spacial score (nSPS) is 16.9. The van der Waals surface area contributed by atoms with E-state index in [-0.39, 0.29) is 18.3 Å². The number of benzene rings is 2. The Morgan fingerprint density at radius 1 is 1.28 bits per heavy atom. The Morgan fingerprint density at radius 2 is 2.08 bits per heavy atom. The summed E-state index contributed by atoms with van der Waals surface area (Å²) in [6.45, 7) is 0.765. The molecule has 1 heterocycles. The minimum atomic E-state index is -0.633. The Kier molecular flexibility index (Phi) is 4.80. The second-order valence-electron chi connectivity index (χ2n) is 5.94. The van der Waals surface area contributed by atoms with E-state index in [0.29, 0.717) is 36.4 Å². The third-order valence-corrected chi connectivity index (χ3v) is 4.24. The highest BCUT2D eigenvalue weighted by molar-refractivity contribution is 5.64. The summed E-state index contributed by atoms with van der Waals surface area (Å²) >= 11 is 0. The van der Waals surface area contributed by atoms with Crippen LogP contribution in [0.2, 0.25) is 0 Å². The molecule has 2 aromatic carbocycles. The zero-order chi connectivity index (χ0) is 18.0. The van der Waals surface area contributed by atoms with E-state index in [9.17, 15) is 24.0 Å². The lowest BCUT2D eigenvalue weighted by molar-refractivity contribution is -0.384. The molecule has 1 aliphatic rings. The van der Waals surface area contributed by atoms with E-state index in [1.807, 2.05) is 0 Å². The van der Waals surface area contributed by atoms with Crippen LogP contribution in [0, 0.1) is 21.7 Å². The van der Waals surface area contributed by atoms with E-state index in [0.717, 1.165) is 6.07 Å². The number of nitro benzene ring substituents is 1. The number of aliphatic hydroxyl groups excluding tert-OH is 1. The van der Waals surface area contributed by atoms with Crippen molar-refractivity contribution >= 4 is 17.1 Å². The van der Waals surface area contributed by atoms with Crippen LogP contribution >= 0.6 is 0 Å². The van der Waals surface area contributed by atoms with Crippen molar-refractivity contribution < 1.29 is 18.8 Å². The van der Waals surface area contributed by atoms with Crippen molar-refractivity contribution in [3.63, 3.8) is 0 Å². The van der Waals surface area contributed by atoms with Crippen LogP contribution in [0.4, 0.5) is 25.8 Å². The highest BCUT2D eigenvalue weighted by Gasteiger charge is 2.26. The Bertz CT molecular complexity index is 801. The van der Waals surface area contributed by atoms with Gasteiger partial charge in [0.25, 0.3) is 5.69 Å². The Morgan fingerprint density at radius 3 is 2.76 bits per heavy atom. The summed E-state index contributed by atoms with van der Waals surface area (Å²) in [6, 6.07) is 7.69.